The largest absolute Gasteiger partial charge is 0.358 e. The van der Waals surface area contributed by atoms with Gasteiger partial charge in [0.15, 0.2) is 0 Å². The molecule has 0 saturated heterocycles. The average Bonchev–Trinajstić information content (AvgIpc) is 2.58. The van der Waals surface area contributed by atoms with Crippen molar-refractivity contribution in [2.24, 2.45) is 5.73 Å². The van der Waals surface area contributed by atoms with Crippen LogP contribution < -0.4 is 5.73 Å². The van der Waals surface area contributed by atoms with Crippen LogP contribution in [0, 0.1) is 10.1 Å². The third-order valence-electron chi connectivity index (χ3n) is 2.37. The minimum absolute atomic E-state index is 0.0571. The van der Waals surface area contributed by atoms with Gasteiger partial charge in [-0.1, -0.05) is 18.2 Å². The monoisotopic (exact) mass is 205 g/mol. The van der Waals surface area contributed by atoms with E-state index in [9.17, 15) is 10.1 Å². The van der Waals surface area contributed by atoms with Crippen LogP contribution in [0.3, 0.4) is 0 Å². The van der Waals surface area contributed by atoms with Crippen LogP contribution in [0.15, 0.2) is 24.3 Å². The van der Waals surface area contributed by atoms with Crippen molar-refractivity contribution >= 4 is 16.7 Å². The van der Waals surface area contributed by atoms with Crippen molar-refractivity contribution in [3.8, 4) is 0 Å². The second-order valence-corrected chi connectivity index (χ2v) is 3.29. The van der Waals surface area contributed by atoms with Crippen molar-refractivity contribution in [2.45, 2.75) is 6.42 Å². The zero-order valence-corrected chi connectivity index (χ0v) is 8.06. The van der Waals surface area contributed by atoms with Crippen LogP contribution in [0.4, 0.5) is 5.82 Å². The minimum Gasteiger partial charge on any atom is -0.358 e. The highest BCUT2D eigenvalue weighted by molar-refractivity contribution is 5.87. The summed E-state index contributed by atoms with van der Waals surface area (Å²) in [5, 5.41) is 11.7. The standard InChI is InChI=1S/C10H11N3O2/c11-6-5-8-7-3-1-2-4-9(7)12-10(8)13(14)15/h1-4,12H,5-6,11H2. The van der Waals surface area contributed by atoms with Crippen molar-refractivity contribution in [1.29, 1.82) is 0 Å². The quantitative estimate of drug-likeness (QED) is 0.589. The predicted octanol–water partition coefficient (Wildman–Crippen LogP) is 1.58. The summed E-state index contributed by atoms with van der Waals surface area (Å²) < 4.78 is 0. The van der Waals surface area contributed by atoms with Crippen molar-refractivity contribution in [3.63, 3.8) is 0 Å². The number of hydrogen-bond donors (Lipinski definition) is 2. The van der Waals surface area contributed by atoms with Gasteiger partial charge in [0, 0.05) is 5.39 Å². The summed E-state index contributed by atoms with van der Waals surface area (Å²) >= 11 is 0. The van der Waals surface area contributed by atoms with E-state index in [1.807, 2.05) is 24.3 Å². The molecule has 1 aromatic carbocycles. The highest BCUT2D eigenvalue weighted by Crippen LogP contribution is 2.27. The minimum atomic E-state index is -0.398. The van der Waals surface area contributed by atoms with E-state index in [2.05, 4.69) is 4.98 Å². The Bertz CT molecular complexity index is 504. The Morgan fingerprint density at radius 2 is 2.13 bits per heavy atom. The molecule has 0 saturated carbocycles. The maximum absolute atomic E-state index is 10.8. The zero-order chi connectivity index (χ0) is 10.8. The molecule has 0 aliphatic carbocycles. The number of hydrogen-bond acceptors (Lipinski definition) is 3. The maximum Gasteiger partial charge on any atom is 0.325 e. The summed E-state index contributed by atoms with van der Waals surface area (Å²) in [4.78, 5) is 13.2. The molecule has 5 nitrogen and oxygen atoms in total. The Labute approximate surface area is 86.0 Å². The number of H-pyrrole nitrogens is 1. The first-order chi connectivity index (χ1) is 7.24. The Morgan fingerprint density at radius 1 is 1.40 bits per heavy atom. The summed E-state index contributed by atoms with van der Waals surface area (Å²) in [5.74, 6) is 0.0571. The lowest BCUT2D eigenvalue weighted by molar-refractivity contribution is -0.389. The fourth-order valence-corrected chi connectivity index (χ4v) is 1.74. The molecule has 5 heteroatoms. The molecular weight excluding hydrogens is 194 g/mol. The molecule has 15 heavy (non-hydrogen) atoms. The first-order valence-electron chi connectivity index (χ1n) is 4.68. The van der Waals surface area contributed by atoms with Crippen molar-refractivity contribution < 1.29 is 4.92 Å². The second-order valence-electron chi connectivity index (χ2n) is 3.29. The molecule has 0 aliphatic heterocycles. The van der Waals surface area contributed by atoms with Crippen LogP contribution in [0.5, 0.6) is 0 Å². The van der Waals surface area contributed by atoms with Gasteiger partial charge in [0.2, 0.25) is 0 Å². The third kappa shape index (κ3) is 1.57. The van der Waals surface area contributed by atoms with E-state index in [0.717, 1.165) is 10.9 Å². The number of nitro groups is 1. The first-order valence-corrected chi connectivity index (χ1v) is 4.68. The number of nitrogens with one attached hydrogen (secondary N) is 1. The van der Waals surface area contributed by atoms with Crippen molar-refractivity contribution in [3.05, 3.63) is 39.9 Å². The average molecular weight is 205 g/mol. The third-order valence-corrected chi connectivity index (χ3v) is 2.37. The second kappa shape index (κ2) is 3.70. The van der Waals surface area contributed by atoms with Crippen LogP contribution in [0.1, 0.15) is 5.56 Å². The van der Waals surface area contributed by atoms with Gasteiger partial charge in [-0.2, -0.15) is 0 Å². The molecule has 0 atom stereocenters. The normalized spacial score (nSPS) is 10.7. The number of fused-ring (bicyclic) bond motifs is 1. The van der Waals surface area contributed by atoms with E-state index in [4.69, 9.17) is 5.73 Å². The van der Waals surface area contributed by atoms with Crippen molar-refractivity contribution in [2.75, 3.05) is 6.54 Å². The van der Waals surface area contributed by atoms with Crippen molar-refractivity contribution in [1.82, 2.24) is 4.98 Å². The number of benzene rings is 1. The molecule has 0 bridgehead atoms. The number of nitrogens with zero attached hydrogens (tertiary/aromatic N) is 1. The molecule has 0 unspecified atom stereocenters. The van der Waals surface area contributed by atoms with Gasteiger partial charge in [0.05, 0.1) is 5.56 Å². The smallest absolute Gasteiger partial charge is 0.325 e. The van der Waals surface area contributed by atoms with Crippen LogP contribution in [0.25, 0.3) is 10.9 Å². The molecule has 0 amide bonds. The number of nitrogens with two attached hydrogens (primary N) is 1. The summed E-state index contributed by atoms with van der Waals surface area (Å²) in [6.45, 7) is 0.405. The lowest BCUT2D eigenvalue weighted by Crippen LogP contribution is -2.04. The Morgan fingerprint density at radius 3 is 2.80 bits per heavy atom. The molecule has 0 fully saturated rings. The fraction of sp³-hybridized carbons (Fsp3) is 0.200. The SMILES string of the molecule is NCCc1c([N+](=O)[O-])[nH]c2ccccc12. The van der Waals surface area contributed by atoms with Gasteiger partial charge < -0.3 is 15.8 Å². The summed E-state index contributed by atoms with van der Waals surface area (Å²) in [6.07, 6.45) is 0.514. The molecule has 0 spiro atoms. The summed E-state index contributed by atoms with van der Waals surface area (Å²) in [6, 6.07) is 7.39. The van der Waals surface area contributed by atoms with E-state index in [1.165, 1.54) is 0 Å². The van der Waals surface area contributed by atoms with Crippen LogP contribution in [0.2, 0.25) is 0 Å². The van der Waals surface area contributed by atoms with E-state index in [0.29, 0.717) is 18.5 Å². The van der Waals surface area contributed by atoms with Gasteiger partial charge in [-0.05, 0) is 24.0 Å². The highest BCUT2D eigenvalue weighted by atomic mass is 16.6. The summed E-state index contributed by atoms with van der Waals surface area (Å²) in [7, 11) is 0. The van der Waals surface area contributed by atoms with Crippen LogP contribution in [-0.4, -0.2) is 16.5 Å². The molecule has 1 aromatic heterocycles. The number of para-hydroxylation sites is 1. The van der Waals surface area contributed by atoms with E-state index in [1.54, 1.807) is 0 Å². The molecule has 0 radical (unpaired) electrons. The molecule has 2 rings (SSSR count). The molecule has 0 aliphatic rings. The molecule has 78 valence electrons. The van der Waals surface area contributed by atoms with E-state index in [-0.39, 0.29) is 5.82 Å². The Balaban J connectivity index is 2.68. The highest BCUT2D eigenvalue weighted by Gasteiger charge is 2.18. The summed E-state index contributed by atoms with van der Waals surface area (Å²) in [5.41, 5.74) is 6.92. The van der Waals surface area contributed by atoms with E-state index < -0.39 is 4.92 Å². The Kier molecular flexibility index (Phi) is 2.39. The fourth-order valence-electron chi connectivity index (χ4n) is 1.74. The van der Waals surface area contributed by atoms with E-state index >= 15 is 0 Å². The molecule has 3 N–H and O–H groups in total. The maximum atomic E-state index is 10.8. The number of aromatic amines is 1. The lowest BCUT2D eigenvalue weighted by atomic mass is 10.1. The van der Waals surface area contributed by atoms with Gasteiger partial charge in [0.1, 0.15) is 5.52 Å². The van der Waals surface area contributed by atoms with Gasteiger partial charge in [-0.25, -0.2) is 4.98 Å². The van der Waals surface area contributed by atoms with Gasteiger partial charge in [0.25, 0.3) is 0 Å². The van der Waals surface area contributed by atoms with Gasteiger partial charge in [-0.3, -0.25) is 0 Å². The topological polar surface area (TPSA) is 84.9 Å². The number of aromatic nitrogens is 1. The predicted molar refractivity (Wildman–Crippen MR) is 57.7 cm³/mol. The van der Waals surface area contributed by atoms with Crippen LogP contribution >= 0.6 is 0 Å². The Hall–Kier alpha value is -1.88. The van der Waals surface area contributed by atoms with Crippen LogP contribution in [-0.2, 0) is 6.42 Å². The van der Waals surface area contributed by atoms with Gasteiger partial charge >= 0.3 is 5.82 Å². The first kappa shape index (κ1) is 9.67. The molecule has 1 heterocycles. The number of rotatable bonds is 3. The zero-order valence-electron chi connectivity index (χ0n) is 8.06. The van der Waals surface area contributed by atoms with Gasteiger partial charge in [-0.15, -0.1) is 0 Å². The lowest BCUT2D eigenvalue weighted by Gasteiger charge is -1.96. The molecule has 2 aromatic rings. The molecular formula is C10H11N3O2.